The molecular formula is C18H30ClN3O4. The number of rotatable bonds is 11. The smallest absolute Gasteiger partial charge is 0.274 e. The number of benzene rings is 1. The Balaban J connectivity index is 0.00000625. The molecule has 1 rings (SSSR count). The van der Waals surface area contributed by atoms with E-state index >= 15 is 0 Å². The summed E-state index contributed by atoms with van der Waals surface area (Å²) < 4.78 is 0. The Kier molecular flexibility index (Phi) is 11.3. The molecule has 2 atom stereocenters. The van der Waals surface area contributed by atoms with Crippen LogP contribution in [0.15, 0.2) is 30.3 Å². The quantitative estimate of drug-likeness (QED) is 0.436. The number of nitrogens with zero attached hydrogens (tertiary/aromatic N) is 1. The van der Waals surface area contributed by atoms with Crippen molar-refractivity contribution in [1.82, 2.24) is 10.4 Å². The second-order valence-electron chi connectivity index (χ2n) is 6.05. The van der Waals surface area contributed by atoms with E-state index in [0.717, 1.165) is 13.1 Å². The number of halogens is 1. The molecule has 0 fully saturated rings. The first-order chi connectivity index (χ1) is 11.9. The van der Waals surface area contributed by atoms with Gasteiger partial charge in [0.1, 0.15) is 0 Å². The fourth-order valence-corrected chi connectivity index (χ4v) is 2.52. The van der Waals surface area contributed by atoms with Crippen LogP contribution in [-0.2, 0) is 9.63 Å². The van der Waals surface area contributed by atoms with Crippen LogP contribution >= 0.6 is 11.6 Å². The van der Waals surface area contributed by atoms with Gasteiger partial charge in [-0.1, -0.05) is 32.0 Å². The van der Waals surface area contributed by atoms with Gasteiger partial charge in [0, 0.05) is 12.1 Å². The molecule has 0 aliphatic carbocycles. The first-order valence-electron chi connectivity index (χ1n) is 8.49. The molecule has 1 aromatic carbocycles. The van der Waals surface area contributed by atoms with E-state index in [1.54, 1.807) is 30.3 Å². The van der Waals surface area contributed by atoms with Crippen molar-refractivity contribution in [2.24, 2.45) is 5.73 Å². The van der Waals surface area contributed by atoms with Crippen molar-refractivity contribution in [3.8, 4) is 0 Å². The molecule has 0 saturated carbocycles. The predicted molar refractivity (Wildman–Crippen MR) is 103 cm³/mol. The summed E-state index contributed by atoms with van der Waals surface area (Å²) in [6.07, 6.45) is 0.503. The SMILES string of the molecule is CCN(CC)CCC(N)C(=O)C(C)(CCl)ONC(=O)c1ccccc1.O. The van der Waals surface area contributed by atoms with Gasteiger partial charge >= 0.3 is 0 Å². The number of carbonyl (C=O) groups is 2. The van der Waals surface area contributed by atoms with Crippen LogP contribution in [0.3, 0.4) is 0 Å². The largest absolute Gasteiger partial charge is 0.412 e. The third-order valence-electron chi connectivity index (χ3n) is 4.17. The maximum absolute atomic E-state index is 12.6. The molecule has 0 aliphatic heterocycles. The van der Waals surface area contributed by atoms with Crippen molar-refractivity contribution >= 4 is 23.3 Å². The first-order valence-corrected chi connectivity index (χ1v) is 9.03. The molecule has 1 amide bonds. The first kappa shape index (κ1) is 24.5. The van der Waals surface area contributed by atoms with Crippen LogP contribution in [0.2, 0.25) is 0 Å². The molecule has 0 aromatic heterocycles. The van der Waals surface area contributed by atoms with Crippen LogP contribution in [0.1, 0.15) is 37.6 Å². The zero-order valence-electron chi connectivity index (χ0n) is 15.6. The fourth-order valence-electron chi connectivity index (χ4n) is 2.34. The minimum Gasteiger partial charge on any atom is -0.412 e. The third-order valence-corrected chi connectivity index (χ3v) is 4.68. The van der Waals surface area contributed by atoms with Crippen LogP contribution in [0.4, 0.5) is 0 Å². The van der Waals surface area contributed by atoms with Crippen molar-refractivity contribution in [3.63, 3.8) is 0 Å². The lowest BCUT2D eigenvalue weighted by Gasteiger charge is -2.29. The number of carbonyl (C=O) groups excluding carboxylic acids is 2. The van der Waals surface area contributed by atoms with Gasteiger partial charge < -0.3 is 16.1 Å². The number of nitrogens with two attached hydrogens (primary N) is 1. The number of ketones is 1. The van der Waals surface area contributed by atoms with E-state index in [1.165, 1.54) is 6.92 Å². The number of hydrogen-bond acceptors (Lipinski definition) is 5. The summed E-state index contributed by atoms with van der Waals surface area (Å²) in [6, 6.07) is 7.87. The van der Waals surface area contributed by atoms with Gasteiger partial charge in [-0.05, 0) is 38.6 Å². The summed E-state index contributed by atoms with van der Waals surface area (Å²) in [7, 11) is 0. The molecular weight excluding hydrogens is 358 g/mol. The Morgan fingerprint density at radius 1 is 1.27 bits per heavy atom. The lowest BCUT2D eigenvalue weighted by molar-refractivity contribution is -0.148. The van der Waals surface area contributed by atoms with Gasteiger partial charge in [0.15, 0.2) is 11.4 Å². The molecule has 7 nitrogen and oxygen atoms in total. The summed E-state index contributed by atoms with van der Waals surface area (Å²) in [4.78, 5) is 32.2. The van der Waals surface area contributed by atoms with Gasteiger partial charge in [-0.2, -0.15) is 0 Å². The van der Waals surface area contributed by atoms with Crippen LogP contribution in [0.5, 0.6) is 0 Å². The Labute approximate surface area is 160 Å². The van der Waals surface area contributed by atoms with Crippen molar-refractivity contribution in [2.45, 2.75) is 38.8 Å². The van der Waals surface area contributed by atoms with Crippen LogP contribution in [0, 0.1) is 0 Å². The summed E-state index contributed by atoms with van der Waals surface area (Å²) >= 11 is 5.93. The summed E-state index contributed by atoms with van der Waals surface area (Å²) in [5, 5.41) is 0. The number of hydrogen-bond donors (Lipinski definition) is 2. The molecule has 1 aromatic rings. The number of alkyl halides is 1. The molecule has 0 aliphatic rings. The number of Topliss-reactive ketones (excluding diaryl/α,β-unsaturated/α-hetero) is 1. The Morgan fingerprint density at radius 2 is 1.85 bits per heavy atom. The summed E-state index contributed by atoms with van der Waals surface area (Å²) in [6.45, 7) is 8.16. The fraction of sp³-hybridized carbons (Fsp3) is 0.556. The standard InChI is InChI=1S/C18H28ClN3O3.H2O/c1-4-22(5-2)12-11-15(20)16(23)18(3,13-19)25-21-17(24)14-9-7-6-8-10-14;/h6-10,15H,4-5,11-13,20H2,1-3H3,(H,21,24);1H2. The van der Waals surface area contributed by atoms with E-state index < -0.39 is 17.6 Å². The van der Waals surface area contributed by atoms with Gasteiger partial charge in [0.2, 0.25) is 0 Å². The van der Waals surface area contributed by atoms with Gasteiger partial charge in [0.25, 0.3) is 5.91 Å². The highest BCUT2D eigenvalue weighted by atomic mass is 35.5. The molecule has 0 spiro atoms. The molecule has 2 unspecified atom stereocenters. The molecule has 0 heterocycles. The van der Waals surface area contributed by atoms with E-state index in [1.807, 2.05) is 0 Å². The van der Waals surface area contributed by atoms with E-state index in [2.05, 4.69) is 24.2 Å². The highest BCUT2D eigenvalue weighted by Crippen LogP contribution is 2.16. The van der Waals surface area contributed by atoms with E-state index in [-0.39, 0.29) is 17.1 Å². The van der Waals surface area contributed by atoms with Crippen molar-refractivity contribution in [3.05, 3.63) is 35.9 Å². The molecule has 8 heteroatoms. The van der Waals surface area contributed by atoms with Gasteiger partial charge in [0.05, 0.1) is 11.9 Å². The van der Waals surface area contributed by atoms with Gasteiger partial charge in [-0.25, -0.2) is 5.48 Å². The molecule has 5 N–H and O–H groups in total. The maximum atomic E-state index is 12.6. The summed E-state index contributed by atoms with van der Waals surface area (Å²) in [5.74, 6) is -0.885. The molecule has 26 heavy (non-hydrogen) atoms. The zero-order chi connectivity index (χ0) is 18.9. The van der Waals surface area contributed by atoms with E-state index in [9.17, 15) is 9.59 Å². The Bertz CT molecular complexity index is 555. The Hall–Kier alpha value is -1.51. The predicted octanol–water partition coefficient (Wildman–Crippen LogP) is 1.15. The van der Waals surface area contributed by atoms with Crippen molar-refractivity contribution in [2.75, 3.05) is 25.5 Å². The maximum Gasteiger partial charge on any atom is 0.274 e. The average molecular weight is 388 g/mol. The minimum absolute atomic E-state index is 0. The monoisotopic (exact) mass is 387 g/mol. The average Bonchev–Trinajstić information content (AvgIpc) is 2.66. The normalized spacial score (nSPS) is 14.2. The van der Waals surface area contributed by atoms with E-state index in [4.69, 9.17) is 22.2 Å². The van der Waals surface area contributed by atoms with E-state index in [0.29, 0.717) is 18.5 Å². The van der Waals surface area contributed by atoms with Crippen molar-refractivity contribution < 1.29 is 19.9 Å². The lowest BCUT2D eigenvalue weighted by atomic mass is 9.95. The second kappa shape index (κ2) is 12.0. The van der Waals surface area contributed by atoms with Crippen molar-refractivity contribution in [1.29, 1.82) is 0 Å². The summed E-state index contributed by atoms with van der Waals surface area (Å²) in [5.41, 5.74) is 7.38. The number of nitrogens with one attached hydrogen (secondary N) is 1. The molecule has 0 bridgehead atoms. The van der Waals surface area contributed by atoms with Crippen LogP contribution < -0.4 is 11.2 Å². The third kappa shape index (κ3) is 7.01. The molecule has 0 radical (unpaired) electrons. The highest BCUT2D eigenvalue weighted by molar-refractivity contribution is 6.20. The topological polar surface area (TPSA) is 116 Å². The van der Waals surface area contributed by atoms with Gasteiger partial charge in [-0.3, -0.25) is 14.4 Å². The number of hydroxylamine groups is 1. The highest BCUT2D eigenvalue weighted by Gasteiger charge is 2.38. The van der Waals surface area contributed by atoms with Crippen LogP contribution in [-0.4, -0.2) is 59.2 Å². The molecule has 0 saturated heterocycles. The Morgan fingerprint density at radius 3 is 2.35 bits per heavy atom. The second-order valence-corrected chi connectivity index (χ2v) is 6.32. The minimum atomic E-state index is -1.38. The molecule has 148 valence electrons. The zero-order valence-corrected chi connectivity index (χ0v) is 16.4. The number of amides is 1. The van der Waals surface area contributed by atoms with Gasteiger partial charge in [-0.15, -0.1) is 11.6 Å². The van der Waals surface area contributed by atoms with Crippen LogP contribution in [0.25, 0.3) is 0 Å². The lowest BCUT2D eigenvalue weighted by Crippen LogP contribution is -2.53.